The maximum absolute atomic E-state index is 11.4. The van der Waals surface area contributed by atoms with E-state index in [2.05, 4.69) is 20.8 Å². The largest absolute Gasteiger partial charge is 0.508 e. The van der Waals surface area contributed by atoms with Crippen molar-refractivity contribution in [2.75, 3.05) is 32.4 Å². The predicted molar refractivity (Wildman–Crippen MR) is 77.5 cm³/mol. The second-order valence-electron chi connectivity index (χ2n) is 4.71. The smallest absolute Gasteiger partial charge is 0.211 e. The van der Waals surface area contributed by atoms with Crippen molar-refractivity contribution < 1.29 is 13.5 Å². The number of nitrogens with zero attached hydrogens (tertiary/aromatic N) is 2. The molecule has 0 radical (unpaired) electrons. The molecule has 1 aromatic carbocycles. The Labute approximate surface area is 122 Å². The number of halogens is 1. The minimum atomic E-state index is -3.09. The first-order chi connectivity index (χ1) is 8.86. The minimum Gasteiger partial charge on any atom is -0.508 e. The molecule has 0 spiro atoms. The summed E-state index contributed by atoms with van der Waals surface area (Å²) in [7, 11) is -3.09. The van der Waals surface area contributed by atoms with Gasteiger partial charge in [-0.2, -0.15) is 4.31 Å². The maximum Gasteiger partial charge on any atom is 0.211 e. The monoisotopic (exact) mass is 348 g/mol. The molecule has 0 aliphatic carbocycles. The lowest BCUT2D eigenvalue weighted by molar-refractivity contribution is 0.180. The van der Waals surface area contributed by atoms with Crippen molar-refractivity contribution in [2.24, 2.45) is 0 Å². The van der Waals surface area contributed by atoms with Gasteiger partial charge in [0.05, 0.1) is 6.26 Å². The van der Waals surface area contributed by atoms with Crippen LogP contribution >= 0.6 is 15.9 Å². The van der Waals surface area contributed by atoms with Crippen LogP contribution in [0.1, 0.15) is 5.56 Å². The molecule has 0 aromatic heterocycles. The second kappa shape index (κ2) is 5.78. The van der Waals surface area contributed by atoms with Crippen LogP contribution in [-0.2, 0) is 16.6 Å². The summed E-state index contributed by atoms with van der Waals surface area (Å²) in [5, 5.41) is 9.79. The molecule has 106 valence electrons. The third-order valence-electron chi connectivity index (χ3n) is 3.24. The third-order valence-corrected chi connectivity index (χ3v) is 5.03. The highest BCUT2D eigenvalue weighted by Crippen LogP contribution is 2.23. The first kappa shape index (κ1) is 14.8. The van der Waals surface area contributed by atoms with Gasteiger partial charge in [-0.25, -0.2) is 8.42 Å². The molecule has 0 amide bonds. The van der Waals surface area contributed by atoms with Gasteiger partial charge in [0, 0.05) is 42.8 Å². The predicted octanol–water partition coefficient (Wildman–Crippen LogP) is 1.23. The Balaban J connectivity index is 1.98. The van der Waals surface area contributed by atoms with Crippen LogP contribution in [0.5, 0.6) is 5.75 Å². The third kappa shape index (κ3) is 3.92. The SMILES string of the molecule is CS(=O)(=O)N1CCN(Cc2cc(Br)ccc2O)CC1. The average molecular weight is 349 g/mol. The van der Waals surface area contributed by atoms with E-state index in [0.29, 0.717) is 32.7 Å². The van der Waals surface area contributed by atoms with Crippen LogP contribution < -0.4 is 0 Å². The van der Waals surface area contributed by atoms with Gasteiger partial charge >= 0.3 is 0 Å². The number of sulfonamides is 1. The summed E-state index contributed by atoms with van der Waals surface area (Å²) >= 11 is 3.38. The fourth-order valence-electron chi connectivity index (χ4n) is 2.14. The number of phenols is 1. The van der Waals surface area contributed by atoms with Gasteiger partial charge in [0.25, 0.3) is 0 Å². The molecule has 1 heterocycles. The molecular formula is C12H17BrN2O3S. The van der Waals surface area contributed by atoms with E-state index >= 15 is 0 Å². The summed E-state index contributed by atoms with van der Waals surface area (Å²) in [5.41, 5.74) is 0.849. The fourth-order valence-corrected chi connectivity index (χ4v) is 3.38. The van der Waals surface area contributed by atoms with Crippen LogP contribution in [0.25, 0.3) is 0 Å². The summed E-state index contributed by atoms with van der Waals surface area (Å²) in [4.78, 5) is 2.14. The molecule has 1 N–H and O–H groups in total. The normalized spacial score (nSPS) is 18.6. The lowest BCUT2D eigenvalue weighted by atomic mass is 10.2. The molecule has 0 atom stereocenters. The molecule has 0 bridgehead atoms. The number of piperazine rings is 1. The Hall–Kier alpha value is -0.630. The van der Waals surface area contributed by atoms with Crippen molar-refractivity contribution >= 4 is 26.0 Å². The molecule has 1 aliphatic rings. The van der Waals surface area contributed by atoms with E-state index in [1.54, 1.807) is 12.1 Å². The van der Waals surface area contributed by atoms with Crippen molar-refractivity contribution in [3.05, 3.63) is 28.2 Å². The van der Waals surface area contributed by atoms with Gasteiger partial charge in [-0.05, 0) is 18.2 Å². The lowest BCUT2D eigenvalue weighted by Crippen LogP contribution is -2.47. The molecule has 19 heavy (non-hydrogen) atoms. The van der Waals surface area contributed by atoms with E-state index in [1.165, 1.54) is 10.6 Å². The summed E-state index contributed by atoms with van der Waals surface area (Å²) in [5.74, 6) is 0.272. The maximum atomic E-state index is 11.4. The van der Waals surface area contributed by atoms with Gasteiger partial charge < -0.3 is 5.11 Å². The summed E-state index contributed by atoms with van der Waals surface area (Å²) in [6.45, 7) is 3.00. The molecule has 1 aliphatic heterocycles. The van der Waals surface area contributed by atoms with E-state index in [9.17, 15) is 13.5 Å². The minimum absolute atomic E-state index is 0.272. The Kier molecular flexibility index (Phi) is 4.50. The summed E-state index contributed by atoms with van der Waals surface area (Å²) in [6.07, 6.45) is 1.24. The molecule has 1 saturated heterocycles. The highest BCUT2D eigenvalue weighted by molar-refractivity contribution is 9.10. The molecule has 7 heteroatoms. The second-order valence-corrected chi connectivity index (χ2v) is 7.61. The average Bonchev–Trinajstić information content (AvgIpc) is 2.33. The summed E-state index contributed by atoms with van der Waals surface area (Å²) < 4.78 is 25.2. The van der Waals surface area contributed by atoms with Gasteiger partial charge in [0.2, 0.25) is 10.0 Å². The standard InChI is InChI=1S/C12H17BrN2O3S/c1-19(17,18)15-6-4-14(5-7-15)9-10-8-11(13)2-3-12(10)16/h2-3,8,16H,4-7,9H2,1H3. The van der Waals surface area contributed by atoms with Crippen LogP contribution in [0.4, 0.5) is 0 Å². The first-order valence-electron chi connectivity index (χ1n) is 6.01. The van der Waals surface area contributed by atoms with E-state index in [1.807, 2.05) is 6.07 Å². The first-order valence-corrected chi connectivity index (χ1v) is 8.65. The molecular weight excluding hydrogens is 332 g/mol. The molecule has 0 unspecified atom stereocenters. The van der Waals surface area contributed by atoms with Crippen molar-refractivity contribution in [3.8, 4) is 5.75 Å². The van der Waals surface area contributed by atoms with Crippen LogP contribution in [-0.4, -0.2) is 55.2 Å². The van der Waals surface area contributed by atoms with Gasteiger partial charge in [0.1, 0.15) is 5.75 Å². The van der Waals surface area contributed by atoms with Crippen molar-refractivity contribution in [1.29, 1.82) is 0 Å². The molecule has 2 rings (SSSR count). The van der Waals surface area contributed by atoms with Gasteiger partial charge in [-0.3, -0.25) is 4.90 Å². The molecule has 1 aromatic rings. The Bertz CT molecular complexity index is 554. The van der Waals surface area contributed by atoms with Crippen molar-refractivity contribution in [2.45, 2.75) is 6.54 Å². The van der Waals surface area contributed by atoms with Crippen LogP contribution in [0.2, 0.25) is 0 Å². The number of rotatable bonds is 3. The Morgan fingerprint density at radius 3 is 2.47 bits per heavy atom. The number of benzene rings is 1. The molecule has 5 nitrogen and oxygen atoms in total. The van der Waals surface area contributed by atoms with E-state index in [0.717, 1.165) is 10.0 Å². The zero-order valence-corrected chi connectivity index (χ0v) is 13.1. The number of hydrogen-bond acceptors (Lipinski definition) is 4. The number of aromatic hydroxyl groups is 1. The molecule has 1 fully saturated rings. The Morgan fingerprint density at radius 2 is 1.89 bits per heavy atom. The van der Waals surface area contributed by atoms with Gasteiger partial charge in [-0.15, -0.1) is 0 Å². The highest BCUT2D eigenvalue weighted by atomic mass is 79.9. The van der Waals surface area contributed by atoms with E-state index < -0.39 is 10.0 Å². The topological polar surface area (TPSA) is 60.9 Å². The summed E-state index contributed by atoms with van der Waals surface area (Å²) in [6, 6.07) is 5.34. The van der Waals surface area contributed by atoms with Crippen LogP contribution in [0.3, 0.4) is 0 Å². The zero-order valence-electron chi connectivity index (χ0n) is 10.7. The van der Waals surface area contributed by atoms with E-state index in [4.69, 9.17) is 0 Å². The van der Waals surface area contributed by atoms with Crippen molar-refractivity contribution in [3.63, 3.8) is 0 Å². The lowest BCUT2D eigenvalue weighted by Gasteiger charge is -2.33. The number of phenolic OH excluding ortho intramolecular Hbond substituents is 1. The van der Waals surface area contributed by atoms with Gasteiger partial charge in [0.15, 0.2) is 0 Å². The highest BCUT2D eigenvalue weighted by Gasteiger charge is 2.23. The molecule has 0 saturated carbocycles. The quantitative estimate of drug-likeness (QED) is 0.892. The Morgan fingerprint density at radius 1 is 1.26 bits per heavy atom. The van der Waals surface area contributed by atoms with Crippen molar-refractivity contribution in [1.82, 2.24) is 9.21 Å². The van der Waals surface area contributed by atoms with Crippen LogP contribution in [0.15, 0.2) is 22.7 Å². The number of hydrogen-bond donors (Lipinski definition) is 1. The zero-order chi connectivity index (χ0) is 14.0. The fraction of sp³-hybridized carbons (Fsp3) is 0.500. The van der Waals surface area contributed by atoms with E-state index in [-0.39, 0.29) is 5.75 Å². The van der Waals surface area contributed by atoms with Crippen LogP contribution in [0, 0.1) is 0 Å². The van der Waals surface area contributed by atoms with Gasteiger partial charge in [-0.1, -0.05) is 15.9 Å².